The van der Waals surface area contributed by atoms with Crippen LogP contribution in [0.5, 0.6) is 0 Å². The molecular formula is C15H20N2S. The molecule has 0 aliphatic heterocycles. The minimum Gasteiger partial charge on any atom is -0.308 e. The molecule has 1 aromatic heterocycles. The van der Waals surface area contributed by atoms with Crippen LogP contribution in [0.25, 0.3) is 0 Å². The third-order valence-electron chi connectivity index (χ3n) is 3.30. The zero-order valence-electron chi connectivity index (χ0n) is 11.2. The van der Waals surface area contributed by atoms with E-state index in [1.165, 1.54) is 5.56 Å². The minimum atomic E-state index is 0.130. The Bertz CT molecular complexity index is 463. The molecule has 2 aromatic rings. The molecule has 0 aliphatic carbocycles. The molecule has 0 aliphatic rings. The molecule has 1 unspecified atom stereocenters. The van der Waals surface area contributed by atoms with Gasteiger partial charge in [0.25, 0.3) is 0 Å². The van der Waals surface area contributed by atoms with Crippen LogP contribution in [0.2, 0.25) is 0 Å². The van der Waals surface area contributed by atoms with E-state index in [0.717, 1.165) is 12.2 Å². The highest BCUT2D eigenvalue weighted by atomic mass is 32.1. The van der Waals surface area contributed by atoms with Crippen LogP contribution in [0.15, 0.2) is 41.2 Å². The van der Waals surface area contributed by atoms with Crippen LogP contribution in [0, 0.1) is 0 Å². The molecule has 0 radical (unpaired) electrons. The highest BCUT2D eigenvalue weighted by Crippen LogP contribution is 2.23. The van der Waals surface area contributed by atoms with Crippen LogP contribution in [0.1, 0.15) is 38.1 Å². The molecular weight excluding hydrogens is 240 g/mol. The summed E-state index contributed by atoms with van der Waals surface area (Å²) in [4.78, 5) is 4.35. The van der Waals surface area contributed by atoms with Gasteiger partial charge in [0.05, 0.1) is 11.2 Å². The van der Waals surface area contributed by atoms with Crippen LogP contribution in [0.3, 0.4) is 0 Å². The lowest BCUT2D eigenvalue weighted by Crippen LogP contribution is -2.34. The van der Waals surface area contributed by atoms with E-state index < -0.39 is 0 Å². The molecule has 18 heavy (non-hydrogen) atoms. The van der Waals surface area contributed by atoms with Gasteiger partial charge in [-0.25, -0.2) is 4.98 Å². The molecule has 0 bridgehead atoms. The van der Waals surface area contributed by atoms with Gasteiger partial charge in [-0.1, -0.05) is 44.2 Å². The van der Waals surface area contributed by atoms with Crippen LogP contribution in [-0.4, -0.2) is 11.5 Å². The number of hydrogen-bond acceptors (Lipinski definition) is 3. The maximum atomic E-state index is 4.35. The fourth-order valence-corrected chi connectivity index (χ4v) is 2.59. The molecule has 1 heterocycles. The Morgan fingerprint density at radius 2 is 2.00 bits per heavy atom. The van der Waals surface area contributed by atoms with Crippen molar-refractivity contribution in [2.75, 3.05) is 6.54 Å². The Morgan fingerprint density at radius 3 is 2.61 bits per heavy atom. The lowest BCUT2D eigenvalue weighted by molar-refractivity contribution is 0.432. The van der Waals surface area contributed by atoms with Gasteiger partial charge in [0.2, 0.25) is 0 Å². The van der Waals surface area contributed by atoms with Crippen LogP contribution in [0.4, 0.5) is 0 Å². The summed E-state index contributed by atoms with van der Waals surface area (Å²) < 4.78 is 0. The minimum absolute atomic E-state index is 0.130. The largest absolute Gasteiger partial charge is 0.308 e. The van der Waals surface area contributed by atoms with E-state index in [9.17, 15) is 0 Å². The van der Waals surface area contributed by atoms with Crippen molar-refractivity contribution in [3.63, 3.8) is 0 Å². The predicted octanol–water partition coefficient (Wildman–Crippen LogP) is 3.77. The van der Waals surface area contributed by atoms with Crippen molar-refractivity contribution in [3.05, 3.63) is 52.5 Å². The standard InChI is InChI=1S/C15H20N2S/c1-12(14-9-18-11-17-14)16-10-15(2,3)13-7-5-4-6-8-13/h4-9,11-12,16H,10H2,1-3H3. The van der Waals surface area contributed by atoms with E-state index in [4.69, 9.17) is 0 Å². The fraction of sp³-hybridized carbons (Fsp3) is 0.400. The molecule has 1 aromatic carbocycles. The molecule has 0 saturated heterocycles. The van der Waals surface area contributed by atoms with Gasteiger partial charge >= 0.3 is 0 Å². The number of rotatable bonds is 5. The number of hydrogen-bond donors (Lipinski definition) is 1. The molecule has 0 spiro atoms. The molecule has 96 valence electrons. The van der Waals surface area contributed by atoms with E-state index >= 15 is 0 Å². The maximum absolute atomic E-state index is 4.35. The van der Waals surface area contributed by atoms with Crippen molar-refractivity contribution in [3.8, 4) is 0 Å². The Kier molecular flexibility index (Phi) is 4.15. The molecule has 1 atom stereocenters. The highest BCUT2D eigenvalue weighted by molar-refractivity contribution is 7.07. The van der Waals surface area contributed by atoms with Gasteiger partial charge in [-0.15, -0.1) is 11.3 Å². The second kappa shape index (κ2) is 5.63. The van der Waals surface area contributed by atoms with Crippen LogP contribution >= 0.6 is 11.3 Å². The highest BCUT2D eigenvalue weighted by Gasteiger charge is 2.21. The normalized spacial score (nSPS) is 13.5. The zero-order valence-corrected chi connectivity index (χ0v) is 12.0. The van der Waals surface area contributed by atoms with Crippen molar-refractivity contribution < 1.29 is 0 Å². The fourth-order valence-electron chi connectivity index (χ4n) is 1.94. The van der Waals surface area contributed by atoms with Gasteiger partial charge in [-0.3, -0.25) is 0 Å². The summed E-state index contributed by atoms with van der Waals surface area (Å²) in [6, 6.07) is 10.9. The smallest absolute Gasteiger partial charge is 0.0795 e. The Hall–Kier alpha value is -1.19. The summed E-state index contributed by atoms with van der Waals surface area (Å²) in [5.41, 5.74) is 4.51. The third kappa shape index (κ3) is 3.18. The molecule has 0 fully saturated rings. The molecule has 0 saturated carbocycles. The third-order valence-corrected chi connectivity index (χ3v) is 3.91. The first-order valence-electron chi connectivity index (χ1n) is 6.26. The van der Waals surface area contributed by atoms with Crippen molar-refractivity contribution >= 4 is 11.3 Å². The summed E-state index contributed by atoms with van der Waals surface area (Å²) in [7, 11) is 0. The first-order valence-corrected chi connectivity index (χ1v) is 7.21. The number of thiazole rings is 1. The summed E-state index contributed by atoms with van der Waals surface area (Å²) in [5.74, 6) is 0. The summed E-state index contributed by atoms with van der Waals surface area (Å²) in [6.45, 7) is 7.64. The number of aromatic nitrogens is 1. The van der Waals surface area contributed by atoms with Crippen LogP contribution in [-0.2, 0) is 5.41 Å². The summed E-state index contributed by atoms with van der Waals surface area (Å²) >= 11 is 1.65. The van der Waals surface area contributed by atoms with E-state index in [0.29, 0.717) is 6.04 Å². The van der Waals surface area contributed by atoms with Gasteiger partial charge < -0.3 is 5.32 Å². The Labute approximate surface area is 113 Å². The van der Waals surface area contributed by atoms with E-state index in [1.54, 1.807) is 11.3 Å². The van der Waals surface area contributed by atoms with Gasteiger partial charge in [0.1, 0.15) is 0 Å². The monoisotopic (exact) mass is 260 g/mol. The lowest BCUT2D eigenvalue weighted by atomic mass is 9.84. The summed E-state index contributed by atoms with van der Waals surface area (Å²) in [5, 5.41) is 5.67. The van der Waals surface area contributed by atoms with Gasteiger partial charge in [0, 0.05) is 23.4 Å². The molecule has 2 nitrogen and oxygen atoms in total. The average molecular weight is 260 g/mol. The van der Waals surface area contributed by atoms with E-state index in [-0.39, 0.29) is 5.41 Å². The van der Waals surface area contributed by atoms with E-state index in [1.807, 2.05) is 5.51 Å². The zero-order chi connectivity index (χ0) is 13.0. The van der Waals surface area contributed by atoms with Crippen molar-refractivity contribution in [1.82, 2.24) is 10.3 Å². The summed E-state index contributed by atoms with van der Waals surface area (Å²) in [6.07, 6.45) is 0. The number of nitrogens with zero attached hydrogens (tertiary/aromatic N) is 1. The Balaban J connectivity index is 1.97. The number of benzene rings is 1. The molecule has 0 amide bonds. The molecule has 2 rings (SSSR count). The second-order valence-electron chi connectivity index (χ2n) is 5.27. The van der Waals surface area contributed by atoms with Crippen molar-refractivity contribution in [1.29, 1.82) is 0 Å². The Morgan fingerprint density at radius 1 is 1.28 bits per heavy atom. The van der Waals surface area contributed by atoms with Gasteiger partial charge in [0.15, 0.2) is 0 Å². The first kappa shape index (κ1) is 13.2. The predicted molar refractivity (Wildman–Crippen MR) is 78.0 cm³/mol. The maximum Gasteiger partial charge on any atom is 0.0795 e. The van der Waals surface area contributed by atoms with Gasteiger partial charge in [-0.2, -0.15) is 0 Å². The van der Waals surface area contributed by atoms with Crippen molar-refractivity contribution in [2.24, 2.45) is 0 Å². The molecule has 3 heteroatoms. The van der Waals surface area contributed by atoms with Crippen LogP contribution < -0.4 is 5.32 Å². The van der Waals surface area contributed by atoms with Gasteiger partial charge in [-0.05, 0) is 12.5 Å². The quantitative estimate of drug-likeness (QED) is 0.885. The molecule has 1 N–H and O–H groups in total. The topological polar surface area (TPSA) is 24.9 Å². The van der Waals surface area contributed by atoms with Crippen molar-refractivity contribution in [2.45, 2.75) is 32.2 Å². The average Bonchev–Trinajstić information content (AvgIpc) is 2.91. The SMILES string of the molecule is CC(NCC(C)(C)c1ccccc1)c1cscn1. The van der Waals surface area contributed by atoms with E-state index in [2.05, 4.69) is 66.8 Å². The lowest BCUT2D eigenvalue weighted by Gasteiger charge is -2.27. The number of nitrogens with one attached hydrogen (secondary N) is 1. The first-order chi connectivity index (χ1) is 8.59. The second-order valence-corrected chi connectivity index (χ2v) is 5.98.